The minimum absolute atomic E-state index is 0.414. The van der Waals surface area contributed by atoms with Gasteiger partial charge in [0.15, 0.2) is 0 Å². The third kappa shape index (κ3) is 2.26. The topological polar surface area (TPSA) is 21.3 Å². The average Bonchev–Trinajstić information content (AvgIpc) is 2.84. The average molecular weight is 231 g/mol. The molecule has 1 fully saturated rings. The van der Waals surface area contributed by atoms with Gasteiger partial charge in [0.1, 0.15) is 5.75 Å². The van der Waals surface area contributed by atoms with Crippen LogP contribution < -0.4 is 10.1 Å². The zero-order valence-electron chi connectivity index (χ0n) is 10.8. The first-order valence-corrected chi connectivity index (χ1v) is 6.66. The summed E-state index contributed by atoms with van der Waals surface area (Å²) < 4.78 is 6.11. The lowest BCUT2D eigenvalue weighted by Crippen LogP contribution is -2.14. The van der Waals surface area contributed by atoms with Gasteiger partial charge in [-0.3, -0.25) is 0 Å². The minimum Gasteiger partial charge on any atom is -0.490 e. The largest absolute Gasteiger partial charge is 0.490 e. The van der Waals surface area contributed by atoms with Gasteiger partial charge in [0.05, 0.1) is 6.10 Å². The number of ether oxygens (including phenoxy) is 1. The molecule has 1 unspecified atom stereocenters. The molecule has 1 atom stereocenters. The maximum Gasteiger partial charge on any atom is 0.120 e. The molecule has 2 nitrogen and oxygen atoms in total. The van der Waals surface area contributed by atoms with E-state index in [1.165, 1.54) is 30.5 Å². The molecule has 0 amide bonds. The van der Waals surface area contributed by atoms with Gasteiger partial charge in [0, 0.05) is 12.2 Å². The van der Waals surface area contributed by atoms with Gasteiger partial charge in [0.25, 0.3) is 0 Å². The van der Waals surface area contributed by atoms with Crippen LogP contribution in [-0.4, -0.2) is 12.6 Å². The van der Waals surface area contributed by atoms with Crippen molar-refractivity contribution in [3.63, 3.8) is 0 Å². The van der Waals surface area contributed by atoms with Crippen molar-refractivity contribution in [1.29, 1.82) is 0 Å². The lowest BCUT2D eigenvalue weighted by molar-refractivity contribution is 0.193. The van der Waals surface area contributed by atoms with E-state index in [2.05, 4.69) is 37.4 Å². The SMILES string of the molecule is CC1(C)CCC(Oc2ccc3c(c2)CCN3)C1. The van der Waals surface area contributed by atoms with Crippen molar-refractivity contribution in [3.8, 4) is 5.75 Å². The molecule has 2 heteroatoms. The summed E-state index contributed by atoms with van der Waals surface area (Å²) in [6.45, 7) is 5.74. The van der Waals surface area contributed by atoms with Crippen LogP contribution in [0.1, 0.15) is 38.7 Å². The van der Waals surface area contributed by atoms with Crippen LogP contribution in [0.4, 0.5) is 5.69 Å². The summed E-state index contributed by atoms with van der Waals surface area (Å²) in [5.74, 6) is 1.05. The predicted molar refractivity (Wildman–Crippen MR) is 70.7 cm³/mol. The quantitative estimate of drug-likeness (QED) is 0.839. The van der Waals surface area contributed by atoms with Crippen molar-refractivity contribution in [1.82, 2.24) is 0 Å². The van der Waals surface area contributed by atoms with Gasteiger partial charge in [-0.15, -0.1) is 0 Å². The van der Waals surface area contributed by atoms with E-state index in [4.69, 9.17) is 4.74 Å². The van der Waals surface area contributed by atoms with E-state index in [0.29, 0.717) is 11.5 Å². The van der Waals surface area contributed by atoms with Crippen molar-refractivity contribution in [2.75, 3.05) is 11.9 Å². The second kappa shape index (κ2) is 3.94. The van der Waals surface area contributed by atoms with E-state index in [0.717, 1.165) is 18.7 Å². The normalized spacial score (nSPS) is 25.4. The molecule has 0 spiro atoms. The van der Waals surface area contributed by atoms with E-state index < -0.39 is 0 Å². The Morgan fingerprint density at radius 3 is 3.00 bits per heavy atom. The highest BCUT2D eigenvalue weighted by atomic mass is 16.5. The Kier molecular flexibility index (Phi) is 2.53. The van der Waals surface area contributed by atoms with Crippen LogP contribution in [0.15, 0.2) is 18.2 Å². The maximum absolute atomic E-state index is 6.11. The van der Waals surface area contributed by atoms with E-state index in [9.17, 15) is 0 Å². The van der Waals surface area contributed by atoms with Gasteiger partial charge in [-0.05, 0) is 54.9 Å². The zero-order chi connectivity index (χ0) is 11.9. The van der Waals surface area contributed by atoms with Gasteiger partial charge in [-0.2, -0.15) is 0 Å². The lowest BCUT2D eigenvalue weighted by Gasteiger charge is -2.18. The monoisotopic (exact) mass is 231 g/mol. The smallest absolute Gasteiger partial charge is 0.120 e. The number of hydrogen-bond donors (Lipinski definition) is 1. The number of benzene rings is 1. The summed E-state index contributed by atoms with van der Waals surface area (Å²) in [7, 11) is 0. The number of rotatable bonds is 2. The molecule has 0 aromatic heterocycles. The molecular formula is C15H21NO. The highest BCUT2D eigenvalue weighted by Gasteiger charge is 2.32. The van der Waals surface area contributed by atoms with Crippen molar-refractivity contribution in [2.45, 2.75) is 45.6 Å². The fraction of sp³-hybridized carbons (Fsp3) is 0.600. The summed E-state index contributed by atoms with van der Waals surface area (Å²) in [6, 6.07) is 6.46. The fourth-order valence-corrected chi connectivity index (χ4v) is 3.02. The highest BCUT2D eigenvalue weighted by molar-refractivity contribution is 5.57. The molecule has 2 aliphatic rings. The summed E-state index contributed by atoms with van der Waals surface area (Å²) in [6.07, 6.45) is 5.20. The van der Waals surface area contributed by atoms with E-state index in [1.54, 1.807) is 0 Å². The Bertz CT molecular complexity index is 425. The first-order chi connectivity index (χ1) is 8.12. The second-order valence-corrected chi connectivity index (χ2v) is 6.14. The molecule has 1 aliphatic heterocycles. The second-order valence-electron chi connectivity index (χ2n) is 6.14. The number of nitrogens with one attached hydrogen (secondary N) is 1. The van der Waals surface area contributed by atoms with E-state index in [-0.39, 0.29) is 0 Å². The van der Waals surface area contributed by atoms with Gasteiger partial charge in [0.2, 0.25) is 0 Å². The van der Waals surface area contributed by atoms with Gasteiger partial charge >= 0.3 is 0 Å². The Morgan fingerprint density at radius 1 is 1.35 bits per heavy atom. The van der Waals surface area contributed by atoms with Crippen LogP contribution in [0.2, 0.25) is 0 Å². The number of anilines is 1. The number of fused-ring (bicyclic) bond motifs is 1. The molecule has 1 heterocycles. The predicted octanol–water partition coefficient (Wildman–Crippen LogP) is 3.61. The first-order valence-electron chi connectivity index (χ1n) is 6.66. The Hall–Kier alpha value is -1.18. The van der Waals surface area contributed by atoms with Crippen LogP contribution in [0.5, 0.6) is 5.75 Å². The molecular weight excluding hydrogens is 210 g/mol. The van der Waals surface area contributed by atoms with E-state index >= 15 is 0 Å². The Balaban J connectivity index is 1.70. The lowest BCUT2D eigenvalue weighted by atomic mass is 9.92. The van der Waals surface area contributed by atoms with Crippen molar-refractivity contribution < 1.29 is 4.74 Å². The van der Waals surface area contributed by atoms with Crippen molar-refractivity contribution in [3.05, 3.63) is 23.8 Å². The number of hydrogen-bond acceptors (Lipinski definition) is 2. The fourth-order valence-electron chi connectivity index (χ4n) is 3.02. The zero-order valence-corrected chi connectivity index (χ0v) is 10.8. The molecule has 17 heavy (non-hydrogen) atoms. The Labute approximate surface area is 103 Å². The third-order valence-electron chi connectivity index (χ3n) is 4.01. The van der Waals surface area contributed by atoms with Crippen LogP contribution in [0.3, 0.4) is 0 Å². The van der Waals surface area contributed by atoms with Crippen LogP contribution in [0, 0.1) is 5.41 Å². The first kappa shape index (κ1) is 10.9. The van der Waals surface area contributed by atoms with E-state index in [1.807, 2.05) is 0 Å². The van der Waals surface area contributed by atoms with Crippen molar-refractivity contribution in [2.24, 2.45) is 5.41 Å². The molecule has 3 rings (SSSR count). The van der Waals surface area contributed by atoms with Gasteiger partial charge in [-0.1, -0.05) is 13.8 Å². The highest BCUT2D eigenvalue weighted by Crippen LogP contribution is 2.39. The molecule has 0 radical (unpaired) electrons. The standard InChI is InChI=1S/C15H21NO/c1-15(2)7-5-13(10-15)17-12-3-4-14-11(9-12)6-8-16-14/h3-4,9,13,16H,5-8,10H2,1-2H3. The molecule has 1 N–H and O–H groups in total. The Morgan fingerprint density at radius 2 is 2.24 bits per heavy atom. The summed E-state index contributed by atoms with van der Waals surface area (Å²) in [4.78, 5) is 0. The summed E-state index contributed by atoms with van der Waals surface area (Å²) >= 11 is 0. The molecule has 0 saturated heterocycles. The van der Waals surface area contributed by atoms with Crippen LogP contribution in [-0.2, 0) is 6.42 Å². The van der Waals surface area contributed by atoms with Crippen LogP contribution in [0.25, 0.3) is 0 Å². The molecule has 1 saturated carbocycles. The molecule has 1 aliphatic carbocycles. The van der Waals surface area contributed by atoms with Crippen LogP contribution >= 0.6 is 0 Å². The van der Waals surface area contributed by atoms with Gasteiger partial charge in [-0.25, -0.2) is 0 Å². The van der Waals surface area contributed by atoms with Gasteiger partial charge < -0.3 is 10.1 Å². The maximum atomic E-state index is 6.11. The molecule has 1 aromatic carbocycles. The summed E-state index contributed by atoms with van der Waals surface area (Å²) in [5, 5.41) is 3.38. The minimum atomic E-state index is 0.414. The molecule has 1 aromatic rings. The summed E-state index contributed by atoms with van der Waals surface area (Å²) in [5.41, 5.74) is 3.15. The van der Waals surface area contributed by atoms with Crippen molar-refractivity contribution >= 4 is 5.69 Å². The molecule has 0 bridgehead atoms. The molecule has 92 valence electrons. The third-order valence-corrected chi connectivity index (χ3v) is 4.01.